The lowest BCUT2D eigenvalue weighted by Crippen LogP contribution is -2.23. The topological polar surface area (TPSA) is 78.2 Å². The molecule has 0 saturated carbocycles. The summed E-state index contributed by atoms with van der Waals surface area (Å²) in [6.45, 7) is 1.94. The first-order valence-corrected chi connectivity index (χ1v) is 7.10. The van der Waals surface area contributed by atoms with Gasteiger partial charge in [0.2, 0.25) is 15.0 Å². The molecule has 1 heterocycles. The van der Waals surface area contributed by atoms with Crippen LogP contribution in [0.3, 0.4) is 0 Å². The molecule has 1 fully saturated rings. The Bertz CT molecular complexity index is 464. The van der Waals surface area contributed by atoms with E-state index in [4.69, 9.17) is 15.9 Å². The maximum Gasteiger partial charge on any atom is 0.232 e. The summed E-state index contributed by atoms with van der Waals surface area (Å²) in [6, 6.07) is 1.83. The van der Waals surface area contributed by atoms with Crippen LogP contribution in [0.5, 0.6) is 0 Å². The second kappa shape index (κ2) is 4.85. The summed E-state index contributed by atoms with van der Waals surface area (Å²) in [7, 11) is 1.54. The van der Waals surface area contributed by atoms with Crippen LogP contribution in [0.15, 0.2) is 11.8 Å². The second-order valence-electron chi connectivity index (χ2n) is 3.69. The van der Waals surface area contributed by atoms with Gasteiger partial charge in [0.25, 0.3) is 0 Å². The molecule has 0 aromatic carbocycles. The van der Waals surface area contributed by atoms with Crippen LogP contribution in [0.2, 0.25) is 0 Å². The third-order valence-electron chi connectivity index (χ3n) is 2.34. The molecule has 0 spiro atoms. The third kappa shape index (κ3) is 3.51. The lowest BCUT2D eigenvalue weighted by molar-refractivity contribution is -0.126. The summed E-state index contributed by atoms with van der Waals surface area (Å²) < 4.78 is 21.7. The van der Waals surface area contributed by atoms with Crippen LogP contribution in [0.4, 0.5) is 0 Å². The highest BCUT2D eigenvalue weighted by Gasteiger charge is 2.32. The van der Waals surface area contributed by atoms with Crippen molar-refractivity contribution in [3.63, 3.8) is 0 Å². The van der Waals surface area contributed by atoms with Crippen molar-refractivity contribution in [1.29, 1.82) is 5.26 Å². The van der Waals surface area contributed by atoms with Gasteiger partial charge in [0.05, 0.1) is 11.8 Å². The Morgan fingerprint density at radius 1 is 1.75 bits per heavy atom. The number of nitriles is 1. The van der Waals surface area contributed by atoms with E-state index in [2.05, 4.69) is 0 Å². The van der Waals surface area contributed by atoms with E-state index in [0.717, 1.165) is 0 Å². The zero-order valence-electron chi connectivity index (χ0n) is 8.68. The fourth-order valence-corrected chi connectivity index (χ4v) is 3.01. The first-order chi connectivity index (χ1) is 7.33. The molecule has 16 heavy (non-hydrogen) atoms. The lowest BCUT2D eigenvalue weighted by Gasteiger charge is -2.15. The molecule has 0 radical (unpaired) electrons. The molecule has 0 bridgehead atoms. The Labute approximate surface area is 98.7 Å². The largest absolute Gasteiger partial charge is 0.315 e. The van der Waals surface area contributed by atoms with Crippen molar-refractivity contribution in [2.75, 3.05) is 12.3 Å². The standard InChI is InChI=1S/C9H11ClN2O3S/c1-7(2-3-11)12-5-8(4-9(12)13)6-16(10,14)15/h2,8H,4-6H2,1H3. The molecule has 1 aliphatic rings. The molecule has 0 aromatic heterocycles. The van der Waals surface area contributed by atoms with Crippen LogP contribution in [0, 0.1) is 17.2 Å². The molecule has 7 heteroatoms. The van der Waals surface area contributed by atoms with E-state index in [9.17, 15) is 13.2 Å². The van der Waals surface area contributed by atoms with Crippen molar-refractivity contribution in [2.45, 2.75) is 13.3 Å². The number of likely N-dealkylation sites (tertiary alicyclic amines) is 1. The van der Waals surface area contributed by atoms with Crippen molar-refractivity contribution >= 4 is 25.6 Å². The Hall–Kier alpha value is -1.06. The minimum atomic E-state index is -3.58. The second-order valence-corrected chi connectivity index (χ2v) is 6.52. The summed E-state index contributed by atoms with van der Waals surface area (Å²) >= 11 is 0. The highest BCUT2D eigenvalue weighted by molar-refractivity contribution is 8.13. The van der Waals surface area contributed by atoms with E-state index < -0.39 is 9.05 Å². The molecular formula is C9H11ClN2O3S. The molecule has 88 valence electrons. The van der Waals surface area contributed by atoms with E-state index in [1.807, 2.05) is 6.07 Å². The first-order valence-electron chi connectivity index (χ1n) is 4.62. The van der Waals surface area contributed by atoms with Gasteiger partial charge in [-0.15, -0.1) is 0 Å². The van der Waals surface area contributed by atoms with Crippen LogP contribution in [-0.4, -0.2) is 31.5 Å². The number of allylic oxidation sites excluding steroid dienone is 2. The Kier molecular flexibility index (Phi) is 3.94. The first kappa shape index (κ1) is 13.0. The number of carbonyl (C=O) groups is 1. The van der Waals surface area contributed by atoms with Gasteiger partial charge in [-0.05, 0) is 6.92 Å². The van der Waals surface area contributed by atoms with Crippen molar-refractivity contribution in [3.8, 4) is 6.07 Å². The maximum atomic E-state index is 11.5. The Morgan fingerprint density at radius 2 is 2.38 bits per heavy atom. The van der Waals surface area contributed by atoms with Crippen LogP contribution in [0.25, 0.3) is 0 Å². The van der Waals surface area contributed by atoms with Crippen LogP contribution in [0.1, 0.15) is 13.3 Å². The van der Waals surface area contributed by atoms with Crippen molar-refractivity contribution in [1.82, 2.24) is 4.90 Å². The monoisotopic (exact) mass is 262 g/mol. The van der Waals surface area contributed by atoms with Gasteiger partial charge in [-0.1, -0.05) is 0 Å². The summed E-state index contributed by atoms with van der Waals surface area (Å²) in [6.07, 6.45) is 1.41. The smallest absolute Gasteiger partial charge is 0.232 e. The fourth-order valence-electron chi connectivity index (χ4n) is 1.69. The third-order valence-corrected chi connectivity index (χ3v) is 3.59. The van der Waals surface area contributed by atoms with E-state index in [1.54, 1.807) is 6.92 Å². The average Bonchev–Trinajstić information content (AvgIpc) is 2.44. The normalized spacial score (nSPS) is 22.3. The van der Waals surface area contributed by atoms with Crippen LogP contribution in [-0.2, 0) is 13.8 Å². The van der Waals surface area contributed by atoms with Crippen LogP contribution < -0.4 is 0 Å². The number of nitrogens with zero attached hydrogens (tertiary/aromatic N) is 2. The molecule has 1 atom stereocenters. The summed E-state index contributed by atoms with van der Waals surface area (Å²) in [5.74, 6) is -0.678. The molecule has 1 aliphatic heterocycles. The number of carbonyl (C=O) groups excluding carboxylic acids is 1. The van der Waals surface area contributed by atoms with E-state index in [-0.39, 0.29) is 24.0 Å². The van der Waals surface area contributed by atoms with Gasteiger partial charge in [-0.25, -0.2) is 8.42 Å². The predicted octanol–water partition coefficient (Wildman–Crippen LogP) is 0.831. The molecule has 0 aromatic rings. The molecule has 5 nitrogen and oxygen atoms in total. The van der Waals surface area contributed by atoms with Crippen molar-refractivity contribution < 1.29 is 13.2 Å². The highest BCUT2D eigenvalue weighted by atomic mass is 35.7. The zero-order valence-corrected chi connectivity index (χ0v) is 10.3. The van der Waals surface area contributed by atoms with E-state index >= 15 is 0 Å². The minimum Gasteiger partial charge on any atom is -0.315 e. The molecular weight excluding hydrogens is 252 g/mol. The van der Waals surface area contributed by atoms with Gasteiger partial charge in [-0.3, -0.25) is 4.79 Å². The van der Waals surface area contributed by atoms with E-state index in [0.29, 0.717) is 12.2 Å². The maximum absolute atomic E-state index is 11.5. The number of hydrogen-bond acceptors (Lipinski definition) is 4. The Morgan fingerprint density at radius 3 is 2.88 bits per heavy atom. The van der Waals surface area contributed by atoms with E-state index in [1.165, 1.54) is 11.0 Å². The van der Waals surface area contributed by atoms with Gasteiger partial charge >= 0.3 is 0 Å². The summed E-state index contributed by atoms with van der Waals surface area (Å²) in [5.41, 5.74) is 0.530. The molecule has 1 saturated heterocycles. The van der Waals surface area contributed by atoms with Crippen LogP contribution >= 0.6 is 10.7 Å². The number of halogens is 1. The number of rotatable bonds is 3. The van der Waals surface area contributed by atoms with Gasteiger partial charge in [0.15, 0.2) is 0 Å². The Balaban J connectivity index is 2.72. The summed E-state index contributed by atoms with van der Waals surface area (Å²) in [4.78, 5) is 12.9. The quantitative estimate of drug-likeness (QED) is 0.557. The fraction of sp³-hybridized carbons (Fsp3) is 0.556. The molecule has 0 aliphatic carbocycles. The summed E-state index contributed by atoms with van der Waals surface area (Å²) in [5, 5.41) is 8.45. The van der Waals surface area contributed by atoms with Crippen molar-refractivity contribution in [3.05, 3.63) is 11.8 Å². The molecule has 1 rings (SSSR count). The van der Waals surface area contributed by atoms with Gasteiger partial charge in [0, 0.05) is 41.3 Å². The average molecular weight is 263 g/mol. The molecule has 1 unspecified atom stereocenters. The zero-order chi connectivity index (χ0) is 12.3. The molecule has 1 amide bonds. The van der Waals surface area contributed by atoms with Gasteiger partial charge < -0.3 is 4.90 Å². The number of hydrogen-bond donors (Lipinski definition) is 0. The number of amides is 1. The van der Waals surface area contributed by atoms with Gasteiger partial charge in [-0.2, -0.15) is 5.26 Å². The molecule has 0 N–H and O–H groups in total. The lowest BCUT2D eigenvalue weighted by atomic mass is 10.1. The predicted molar refractivity (Wildman–Crippen MR) is 58.8 cm³/mol. The van der Waals surface area contributed by atoms with Crippen molar-refractivity contribution in [2.24, 2.45) is 5.92 Å². The SMILES string of the molecule is CC(=CC#N)N1CC(CS(=O)(=O)Cl)CC1=O. The highest BCUT2D eigenvalue weighted by Crippen LogP contribution is 2.23. The van der Waals surface area contributed by atoms with Gasteiger partial charge in [0.1, 0.15) is 0 Å². The minimum absolute atomic E-state index is 0.155.